The molecule has 3 atom stereocenters. The van der Waals surface area contributed by atoms with Gasteiger partial charge in [-0.05, 0) is 12.3 Å². The predicted octanol–water partition coefficient (Wildman–Crippen LogP) is 1.60. The van der Waals surface area contributed by atoms with Gasteiger partial charge in [0.05, 0.1) is 0 Å². The van der Waals surface area contributed by atoms with Crippen molar-refractivity contribution >= 4 is 11.9 Å². The van der Waals surface area contributed by atoms with Gasteiger partial charge < -0.3 is 20.2 Å². The van der Waals surface area contributed by atoms with Gasteiger partial charge in [-0.1, -0.05) is 40.0 Å². The first kappa shape index (κ1) is 18.9. The van der Waals surface area contributed by atoms with Crippen LogP contribution in [0.5, 0.6) is 0 Å². The third-order valence-corrected chi connectivity index (χ3v) is 4.60. The predicted molar refractivity (Wildman–Crippen MR) is 82.0 cm³/mol. The van der Waals surface area contributed by atoms with Crippen LogP contribution in [0.1, 0.15) is 59.3 Å². The number of aliphatic carboxylic acids is 1. The number of likely N-dealkylation sites (tertiary alicyclic amines) is 1. The van der Waals surface area contributed by atoms with Crippen molar-refractivity contribution < 1.29 is 24.9 Å². The van der Waals surface area contributed by atoms with Crippen molar-refractivity contribution in [1.82, 2.24) is 4.90 Å². The molecule has 0 aromatic rings. The number of unbranched alkanes of at least 4 members (excludes halogenated alkanes) is 3. The summed E-state index contributed by atoms with van der Waals surface area (Å²) < 4.78 is 0. The zero-order valence-electron chi connectivity index (χ0n) is 13.8. The maximum absolute atomic E-state index is 12.0. The monoisotopic (exact) mass is 315 g/mol. The molecule has 1 saturated heterocycles. The zero-order chi connectivity index (χ0) is 16.9. The van der Waals surface area contributed by atoms with Crippen LogP contribution in [0.25, 0.3) is 0 Å². The number of carboxylic acids is 1. The summed E-state index contributed by atoms with van der Waals surface area (Å²) in [6.45, 7) is 5.52. The minimum absolute atomic E-state index is 0.0565. The SMILES string of the molecule is CCCCCCC(O)(O)[C@H](C)CN1C(=O)CC(C)C1C(=O)O. The molecule has 1 heterocycles. The smallest absolute Gasteiger partial charge is 0.326 e. The molecule has 6 heteroatoms. The summed E-state index contributed by atoms with van der Waals surface area (Å²) >= 11 is 0. The van der Waals surface area contributed by atoms with Crippen LogP contribution < -0.4 is 0 Å². The molecule has 1 aliphatic rings. The van der Waals surface area contributed by atoms with E-state index in [1.807, 2.05) is 0 Å². The second kappa shape index (κ2) is 7.92. The van der Waals surface area contributed by atoms with E-state index in [0.717, 1.165) is 19.3 Å². The fourth-order valence-corrected chi connectivity index (χ4v) is 3.06. The molecule has 1 fully saturated rings. The van der Waals surface area contributed by atoms with Crippen molar-refractivity contribution in [3.63, 3.8) is 0 Å². The summed E-state index contributed by atoms with van der Waals surface area (Å²) in [7, 11) is 0. The van der Waals surface area contributed by atoms with Gasteiger partial charge in [-0.15, -0.1) is 0 Å². The normalized spacial score (nSPS) is 23.9. The lowest BCUT2D eigenvalue weighted by Gasteiger charge is -2.33. The summed E-state index contributed by atoms with van der Waals surface area (Å²) in [5, 5.41) is 29.6. The molecule has 2 unspecified atom stereocenters. The first-order valence-corrected chi connectivity index (χ1v) is 8.17. The molecule has 0 aliphatic carbocycles. The number of hydrogen-bond acceptors (Lipinski definition) is 4. The van der Waals surface area contributed by atoms with Gasteiger partial charge in [0.15, 0.2) is 5.79 Å². The van der Waals surface area contributed by atoms with E-state index in [0.29, 0.717) is 6.42 Å². The average Bonchev–Trinajstić information content (AvgIpc) is 2.69. The summed E-state index contributed by atoms with van der Waals surface area (Å²) in [6, 6.07) is -0.870. The van der Waals surface area contributed by atoms with Crippen molar-refractivity contribution in [3.05, 3.63) is 0 Å². The number of carboxylic acid groups (broad SMARTS) is 1. The number of carbonyl (C=O) groups is 2. The van der Waals surface area contributed by atoms with Crippen molar-refractivity contribution in [2.75, 3.05) is 6.54 Å². The van der Waals surface area contributed by atoms with Gasteiger partial charge in [0.1, 0.15) is 6.04 Å². The summed E-state index contributed by atoms with van der Waals surface area (Å²) in [5.74, 6) is -3.98. The number of hydrogen-bond donors (Lipinski definition) is 3. The highest BCUT2D eigenvalue weighted by Crippen LogP contribution is 2.29. The fourth-order valence-electron chi connectivity index (χ4n) is 3.06. The molecule has 0 bridgehead atoms. The molecule has 0 aromatic carbocycles. The Morgan fingerprint density at radius 2 is 2.00 bits per heavy atom. The molecule has 128 valence electrons. The van der Waals surface area contributed by atoms with Crippen LogP contribution in [-0.4, -0.2) is 50.5 Å². The van der Waals surface area contributed by atoms with Gasteiger partial charge in [-0.2, -0.15) is 0 Å². The van der Waals surface area contributed by atoms with E-state index >= 15 is 0 Å². The molecule has 0 saturated carbocycles. The topological polar surface area (TPSA) is 98.1 Å². The molecule has 3 N–H and O–H groups in total. The molecule has 1 rings (SSSR count). The number of amides is 1. The van der Waals surface area contributed by atoms with Crippen molar-refractivity contribution in [3.8, 4) is 0 Å². The lowest BCUT2D eigenvalue weighted by Crippen LogP contribution is -2.48. The Kier molecular flexibility index (Phi) is 6.81. The molecule has 22 heavy (non-hydrogen) atoms. The van der Waals surface area contributed by atoms with E-state index in [1.165, 1.54) is 4.90 Å². The van der Waals surface area contributed by atoms with Crippen LogP contribution in [0.15, 0.2) is 0 Å². The first-order chi connectivity index (χ1) is 10.2. The number of aliphatic hydroxyl groups is 2. The summed E-state index contributed by atoms with van der Waals surface area (Å²) in [5.41, 5.74) is 0. The van der Waals surface area contributed by atoms with E-state index in [1.54, 1.807) is 13.8 Å². The molecule has 0 radical (unpaired) electrons. The summed E-state index contributed by atoms with van der Waals surface area (Å²) in [4.78, 5) is 24.6. The standard InChI is InChI=1S/C16H29NO5/c1-4-5-6-7-8-16(21,22)12(3)10-17-13(18)9-11(2)14(17)15(19)20/h11-12,14,21-22H,4-10H2,1-3H3,(H,19,20)/t11?,12-,14?/m1/s1. The molecule has 0 aromatic heterocycles. The molecular weight excluding hydrogens is 286 g/mol. The number of nitrogens with zero attached hydrogens (tertiary/aromatic N) is 1. The second-order valence-corrected chi connectivity index (χ2v) is 6.60. The molecule has 0 spiro atoms. The number of rotatable bonds is 9. The van der Waals surface area contributed by atoms with Crippen LogP contribution in [0, 0.1) is 11.8 Å². The average molecular weight is 315 g/mol. The molecule has 1 amide bonds. The maximum atomic E-state index is 12.0. The molecular formula is C16H29NO5. The first-order valence-electron chi connectivity index (χ1n) is 8.17. The van der Waals surface area contributed by atoms with Crippen LogP contribution in [0.2, 0.25) is 0 Å². The van der Waals surface area contributed by atoms with Gasteiger partial charge in [0.25, 0.3) is 0 Å². The summed E-state index contributed by atoms with van der Waals surface area (Å²) in [6.07, 6.45) is 4.20. The maximum Gasteiger partial charge on any atom is 0.326 e. The Morgan fingerprint density at radius 1 is 1.36 bits per heavy atom. The highest BCUT2D eigenvalue weighted by molar-refractivity contribution is 5.88. The minimum Gasteiger partial charge on any atom is -0.480 e. The van der Waals surface area contributed by atoms with Crippen LogP contribution in [0.4, 0.5) is 0 Å². The number of carbonyl (C=O) groups excluding carboxylic acids is 1. The fraction of sp³-hybridized carbons (Fsp3) is 0.875. The van der Waals surface area contributed by atoms with Crippen molar-refractivity contribution in [2.45, 2.75) is 71.1 Å². The zero-order valence-corrected chi connectivity index (χ0v) is 13.8. The van der Waals surface area contributed by atoms with Crippen molar-refractivity contribution in [2.24, 2.45) is 11.8 Å². The Hall–Kier alpha value is -1.14. The van der Waals surface area contributed by atoms with Gasteiger partial charge in [0, 0.05) is 25.3 Å². The van der Waals surface area contributed by atoms with Gasteiger partial charge >= 0.3 is 5.97 Å². The second-order valence-electron chi connectivity index (χ2n) is 6.60. The van der Waals surface area contributed by atoms with E-state index in [2.05, 4.69) is 6.92 Å². The quantitative estimate of drug-likeness (QED) is 0.443. The van der Waals surface area contributed by atoms with Crippen molar-refractivity contribution in [1.29, 1.82) is 0 Å². The Morgan fingerprint density at radius 3 is 2.55 bits per heavy atom. The highest BCUT2D eigenvalue weighted by Gasteiger charge is 2.44. The van der Waals surface area contributed by atoms with Crippen LogP contribution in [-0.2, 0) is 9.59 Å². The van der Waals surface area contributed by atoms with E-state index in [-0.39, 0.29) is 31.2 Å². The Bertz CT molecular complexity index is 396. The van der Waals surface area contributed by atoms with Crippen LogP contribution >= 0.6 is 0 Å². The lowest BCUT2D eigenvalue weighted by atomic mass is 9.93. The van der Waals surface area contributed by atoms with Gasteiger partial charge in [-0.3, -0.25) is 4.79 Å². The largest absolute Gasteiger partial charge is 0.480 e. The Balaban J connectivity index is 2.63. The van der Waals surface area contributed by atoms with E-state index in [9.17, 15) is 24.9 Å². The third kappa shape index (κ3) is 4.68. The van der Waals surface area contributed by atoms with Crippen LogP contribution in [0.3, 0.4) is 0 Å². The lowest BCUT2D eigenvalue weighted by molar-refractivity contribution is -0.206. The van der Waals surface area contributed by atoms with E-state index < -0.39 is 23.7 Å². The van der Waals surface area contributed by atoms with Gasteiger partial charge in [-0.25, -0.2) is 4.79 Å². The minimum atomic E-state index is -1.87. The Labute approximate surface area is 132 Å². The van der Waals surface area contributed by atoms with Gasteiger partial charge in [0.2, 0.25) is 5.91 Å². The highest BCUT2D eigenvalue weighted by atomic mass is 16.5. The molecule has 6 nitrogen and oxygen atoms in total. The molecule has 1 aliphatic heterocycles. The third-order valence-electron chi connectivity index (χ3n) is 4.60. The van der Waals surface area contributed by atoms with E-state index in [4.69, 9.17) is 0 Å².